The van der Waals surface area contributed by atoms with Gasteiger partial charge < -0.3 is 4.74 Å². The van der Waals surface area contributed by atoms with E-state index in [4.69, 9.17) is 4.74 Å². The van der Waals surface area contributed by atoms with E-state index in [2.05, 4.69) is 22.6 Å². The minimum Gasteiger partial charge on any atom is -0.423 e. The van der Waals surface area contributed by atoms with Crippen LogP contribution in [0.2, 0.25) is 0 Å². The zero-order chi connectivity index (χ0) is 13.8. The molecule has 0 saturated carbocycles. The molecule has 2 aromatic carbocycles. The van der Waals surface area contributed by atoms with Crippen LogP contribution in [0.1, 0.15) is 27.6 Å². The largest absolute Gasteiger partial charge is 0.423 e. The van der Waals surface area contributed by atoms with Crippen molar-refractivity contribution in [1.29, 1.82) is 0 Å². The SMILES string of the molecule is CC(=O)c1ccc(OC(=O)c2cccc(I)c2)cc1. The number of ketones is 1. The molecule has 0 heterocycles. The van der Waals surface area contributed by atoms with Crippen LogP contribution in [0.4, 0.5) is 0 Å². The van der Waals surface area contributed by atoms with E-state index in [1.807, 2.05) is 6.07 Å². The Kier molecular flexibility index (Phi) is 4.31. The fourth-order valence-corrected chi connectivity index (χ4v) is 2.08. The second-order valence-corrected chi connectivity index (χ2v) is 5.23. The first-order chi connectivity index (χ1) is 9.06. The molecule has 3 nitrogen and oxygen atoms in total. The molecular weight excluding hydrogens is 355 g/mol. The highest BCUT2D eigenvalue weighted by atomic mass is 127. The van der Waals surface area contributed by atoms with Crippen molar-refractivity contribution in [3.05, 3.63) is 63.2 Å². The number of carbonyl (C=O) groups excluding carboxylic acids is 2. The summed E-state index contributed by atoms with van der Waals surface area (Å²) >= 11 is 2.14. The van der Waals surface area contributed by atoms with E-state index in [0.29, 0.717) is 16.9 Å². The van der Waals surface area contributed by atoms with Crippen molar-refractivity contribution < 1.29 is 14.3 Å². The smallest absolute Gasteiger partial charge is 0.343 e. The Morgan fingerprint density at radius 1 is 1.00 bits per heavy atom. The molecule has 0 saturated heterocycles. The molecular formula is C15H11IO3. The van der Waals surface area contributed by atoms with Gasteiger partial charge in [0.05, 0.1) is 5.56 Å². The number of ether oxygens (including phenoxy) is 1. The Morgan fingerprint density at radius 2 is 1.68 bits per heavy atom. The third-order valence-electron chi connectivity index (χ3n) is 2.53. The maximum absolute atomic E-state index is 11.9. The van der Waals surface area contributed by atoms with E-state index < -0.39 is 5.97 Å². The van der Waals surface area contributed by atoms with Crippen LogP contribution in [-0.4, -0.2) is 11.8 Å². The predicted molar refractivity (Wildman–Crippen MR) is 80.6 cm³/mol. The van der Waals surface area contributed by atoms with Crippen molar-refractivity contribution in [2.75, 3.05) is 0 Å². The van der Waals surface area contributed by atoms with Gasteiger partial charge in [-0.25, -0.2) is 4.79 Å². The van der Waals surface area contributed by atoms with E-state index in [1.54, 1.807) is 42.5 Å². The molecule has 2 aromatic rings. The Balaban J connectivity index is 2.13. The second kappa shape index (κ2) is 5.97. The summed E-state index contributed by atoms with van der Waals surface area (Å²) in [5.41, 5.74) is 1.09. The summed E-state index contributed by atoms with van der Waals surface area (Å²) in [6.45, 7) is 1.49. The van der Waals surface area contributed by atoms with Crippen molar-refractivity contribution in [2.45, 2.75) is 6.92 Å². The first-order valence-electron chi connectivity index (χ1n) is 5.65. The molecule has 0 unspecified atom stereocenters. The Hall–Kier alpha value is -1.69. The summed E-state index contributed by atoms with van der Waals surface area (Å²) in [6.07, 6.45) is 0. The average Bonchev–Trinajstić information content (AvgIpc) is 2.39. The summed E-state index contributed by atoms with van der Waals surface area (Å²) in [5.74, 6) is -0.00144. The first kappa shape index (κ1) is 13.7. The van der Waals surface area contributed by atoms with Crippen LogP contribution in [0.25, 0.3) is 0 Å². The average molecular weight is 366 g/mol. The lowest BCUT2D eigenvalue weighted by atomic mass is 10.1. The van der Waals surface area contributed by atoms with Crippen molar-refractivity contribution in [3.63, 3.8) is 0 Å². The van der Waals surface area contributed by atoms with Gasteiger partial charge >= 0.3 is 5.97 Å². The fraction of sp³-hybridized carbons (Fsp3) is 0.0667. The third kappa shape index (κ3) is 3.64. The molecule has 0 aromatic heterocycles. The molecule has 0 aliphatic heterocycles. The van der Waals surface area contributed by atoms with Crippen molar-refractivity contribution in [3.8, 4) is 5.75 Å². The lowest BCUT2D eigenvalue weighted by Gasteiger charge is -2.05. The van der Waals surface area contributed by atoms with Gasteiger partial charge in [0.25, 0.3) is 0 Å². The number of carbonyl (C=O) groups is 2. The van der Waals surface area contributed by atoms with Crippen LogP contribution < -0.4 is 4.74 Å². The van der Waals surface area contributed by atoms with Crippen LogP contribution in [0.5, 0.6) is 5.75 Å². The highest BCUT2D eigenvalue weighted by Crippen LogP contribution is 2.15. The second-order valence-electron chi connectivity index (χ2n) is 3.98. The number of benzene rings is 2. The Bertz CT molecular complexity index is 618. The maximum Gasteiger partial charge on any atom is 0.343 e. The molecule has 4 heteroatoms. The molecule has 2 rings (SSSR count). The van der Waals surface area contributed by atoms with Crippen LogP contribution in [0, 0.1) is 3.57 Å². The van der Waals surface area contributed by atoms with Crippen LogP contribution in [0.3, 0.4) is 0 Å². The molecule has 96 valence electrons. The van der Waals surface area contributed by atoms with E-state index in [1.165, 1.54) is 6.92 Å². The van der Waals surface area contributed by atoms with Gasteiger partial charge in [-0.3, -0.25) is 4.79 Å². The Labute approximate surface area is 124 Å². The molecule has 0 fully saturated rings. The van der Waals surface area contributed by atoms with E-state index in [-0.39, 0.29) is 5.78 Å². The number of Topliss-reactive ketones (excluding diaryl/α,β-unsaturated/α-hetero) is 1. The van der Waals surface area contributed by atoms with Gasteiger partial charge in [0, 0.05) is 9.13 Å². The molecule has 0 atom stereocenters. The summed E-state index contributed by atoms with van der Waals surface area (Å²) in [4.78, 5) is 23.0. The van der Waals surface area contributed by atoms with Gasteiger partial charge in [-0.05, 0) is 72.0 Å². The summed E-state index contributed by atoms with van der Waals surface area (Å²) in [7, 11) is 0. The fourth-order valence-electron chi connectivity index (χ4n) is 1.54. The van der Waals surface area contributed by atoms with Crippen molar-refractivity contribution >= 4 is 34.3 Å². The van der Waals surface area contributed by atoms with Crippen molar-refractivity contribution in [2.24, 2.45) is 0 Å². The summed E-state index contributed by atoms with van der Waals surface area (Å²) < 4.78 is 6.21. The van der Waals surface area contributed by atoms with Gasteiger partial charge in [0.15, 0.2) is 5.78 Å². The quantitative estimate of drug-likeness (QED) is 0.360. The monoisotopic (exact) mass is 366 g/mol. The molecule has 0 radical (unpaired) electrons. The number of halogens is 1. The topological polar surface area (TPSA) is 43.4 Å². The lowest BCUT2D eigenvalue weighted by molar-refractivity contribution is 0.0734. The van der Waals surface area contributed by atoms with Crippen LogP contribution >= 0.6 is 22.6 Å². The van der Waals surface area contributed by atoms with E-state index in [0.717, 1.165) is 3.57 Å². The van der Waals surface area contributed by atoms with Crippen molar-refractivity contribution in [1.82, 2.24) is 0 Å². The number of esters is 1. The van der Waals surface area contributed by atoms with Gasteiger partial charge in [-0.2, -0.15) is 0 Å². The highest BCUT2D eigenvalue weighted by Gasteiger charge is 2.09. The standard InChI is InChI=1S/C15H11IO3/c1-10(17)11-5-7-14(8-6-11)19-15(18)12-3-2-4-13(16)9-12/h2-9H,1H3. The van der Waals surface area contributed by atoms with Crippen LogP contribution in [0.15, 0.2) is 48.5 Å². The van der Waals surface area contributed by atoms with Gasteiger partial charge in [-0.15, -0.1) is 0 Å². The molecule has 0 N–H and O–H groups in total. The van der Waals surface area contributed by atoms with Crippen LogP contribution in [-0.2, 0) is 0 Å². The highest BCUT2D eigenvalue weighted by molar-refractivity contribution is 14.1. The molecule has 0 spiro atoms. The summed E-state index contributed by atoms with van der Waals surface area (Å²) in [6, 6.07) is 13.7. The zero-order valence-electron chi connectivity index (χ0n) is 10.2. The van der Waals surface area contributed by atoms with Gasteiger partial charge in [-0.1, -0.05) is 6.07 Å². The molecule has 0 amide bonds. The number of rotatable bonds is 3. The van der Waals surface area contributed by atoms with Gasteiger partial charge in [0.2, 0.25) is 0 Å². The van der Waals surface area contributed by atoms with Gasteiger partial charge in [0.1, 0.15) is 5.75 Å². The number of hydrogen-bond acceptors (Lipinski definition) is 3. The molecule has 0 aliphatic rings. The minimum atomic E-state index is -0.408. The first-order valence-corrected chi connectivity index (χ1v) is 6.73. The minimum absolute atomic E-state index is 0.0181. The normalized spacial score (nSPS) is 10.0. The summed E-state index contributed by atoms with van der Waals surface area (Å²) in [5, 5.41) is 0. The predicted octanol–water partition coefficient (Wildman–Crippen LogP) is 3.71. The lowest BCUT2D eigenvalue weighted by Crippen LogP contribution is -2.08. The third-order valence-corrected chi connectivity index (χ3v) is 3.20. The Morgan fingerprint density at radius 3 is 2.26 bits per heavy atom. The maximum atomic E-state index is 11.9. The zero-order valence-corrected chi connectivity index (χ0v) is 12.4. The molecule has 0 aliphatic carbocycles. The van der Waals surface area contributed by atoms with E-state index >= 15 is 0 Å². The number of hydrogen-bond donors (Lipinski definition) is 0. The molecule has 0 bridgehead atoms. The van der Waals surface area contributed by atoms with E-state index in [9.17, 15) is 9.59 Å². The molecule has 19 heavy (non-hydrogen) atoms.